The number of carbonyl (C=O) groups excluding carboxylic acids is 2. The van der Waals surface area contributed by atoms with Crippen LogP contribution in [0.2, 0.25) is 0 Å². The Labute approximate surface area is 144 Å². The molecule has 1 aromatic carbocycles. The van der Waals surface area contributed by atoms with Crippen molar-refractivity contribution in [2.45, 2.75) is 39.7 Å². The van der Waals surface area contributed by atoms with Crippen molar-refractivity contribution in [2.24, 2.45) is 17.8 Å². The fraction of sp³-hybridized carbons (Fsp3) is 0.600. The second-order valence-corrected chi connectivity index (χ2v) is 7.86. The minimum Gasteiger partial charge on any atom is -0.342 e. The molecule has 4 nitrogen and oxygen atoms in total. The quantitative estimate of drug-likeness (QED) is 0.837. The van der Waals surface area contributed by atoms with Gasteiger partial charge in [-0.3, -0.25) is 9.59 Å². The van der Waals surface area contributed by atoms with E-state index in [0.29, 0.717) is 18.3 Å². The Kier molecular flexibility index (Phi) is 4.66. The molecule has 2 saturated heterocycles. The first kappa shape index (κ1) is 17.0. The van der Waals surface area contributed by atoms with Crippen LogP contribution < -0.4 is 0 Å². The van der Waals surface area contributed by atoms with Crippen molar-refractivity contribution >= 4 is 11.8 Å². The van der Waals surface area contributed by atoms with Crippen molar-refractivity contribution in [1.82, 2.24) is 9.80 Å². The van der Waals surface area contributed by atoms with Gasteiger partial charge in [-0.1, -0.05) is 43.7 Å². The van der Waals surface area contributed by atoms with E-state index >= 15 is 0 Å². The van der Waals surface area contributed by atoms with Crippen molar-refractivity contribution in [3.05, 3.63) is 35.4 Å². The lowest BCUT2D eigenvalue weighted by molar-refractivity contribution is -0.139. The lowest BCUT2D eigenvalue weighted by Crippen LogP contribution is -2.46. The number of hydrogen-bond acceptors (Lipinski definition) is 2. The summed E-state index contributed by atoms with van der Waals surface area (Å²) in [7, 11) is 1.82. The van der Waals surface area contributed by atoms with Crippen LogP contribution in [0.25, 0.3) is 0 Å². The average molecular weight is 328 g/mol. The third-order valence-corrected chi connectivity index (χ3v) is 5.50. The Morgan fingerprint density at radius 2 is 1.67 bits per heavy atom. The molecule has 0 radical (unpaired) electrons. The van der Waals surface area contributed by atoms with E-state index < -0.39 is 0 Å². The number of hydrogen-bond donors (Lipinski definition) is 0. The molecule has 2 aliphatic rings. The summed E-state index contributed by atoms with van der Waals surface area (Å²) in [6.07, 6.45) is 1.50. The van der Waals surface area contributed by atoms with Gasteiger partial charge in [-0.2, -0.15) is 0 Å². The maximum absolute atomic E-state index is 13.2. The Morgan fingerprint density at radius 1 is 1.08 bits per heavy atom. The van der Waals surface area contributed by atoms with Crippen LogP contribution in [-0.2, 0) is 9.59 Å². The van der Waals surface area contributed by atoms with Gasteiger partial charge in [0.05, 0.1) is 12.0 Å². The molecule has 1 aromatic rings. The van der Waals surface area contributed by atoms with E-state index in [2.05, 4.69) is 38.1 Å². The highest BCUT2D eigenvalue weighted by molar-refractivity contribution is 5.90. The second-order valence-electron chi connectivity index (χ2n) is 7.86. The molecule has 0 aliphatic carbocycles. The van der Waals surface area contributed by atoms with Crippen LogP contribution in [0.3, 0.4) is 0 Å². The van der Waals surface area contributed by atoms with Crippen LogP contribution in [0.1, 0.15) is 43.9 Å². The van der Waals surface area contributed by atoms with Gasteiger partial charge < -0.3 is 9.80 Å². The standard InChI is InChI=1S/C20H28N2O2/c1-13-5-7-16(8-6-13)19-17(10-18(23)21(19)4)20(24)22-11-14(2)9-15(3)12-22/h5-8,14-15,17,19H,9-12H2,1-4H3/t14-,15+,17-,19+/m0/s1. The highest BCUT2D eigenvalue weighted by atomic mass is 16.2. The van der Waals surface area contributed by atoms with Gasteiger partial charge in [0, 0.05) is 26.6 Å². The molecule has 0 N–H and O–H groups in total. The number of piperidine rings is 1. The summed E-state index contributed by atoms with van der Waals surface area (Å²) in [5.41, 5.74) is 2.25. The fourth-order valence-electron chi connectivity index (χ4n) is 4.39. The van der Waals surface area contributed by atoms with Gasteiger partial charge >= 0.3 is 0 Å². The van der Waals surface area contributed by atoms with Crippen LogP contribution in [0, 0.1) is 24.7 Å². The smallest absolute Gasteiger partial charge is 0.228 e. The summed E-state index contributed by atoms with van der Waals surface area (Å²) >= 11 is 0. The molecule has 24 heavy (non-hydrogen) atoms. The zero-order valence-corrected chi connectivity index (χ0v) is 15.2. The molecule has 0 aromatic heterocycles. The van der Waals surface area contributed by atoms with Gasteiger partial charge in [0.2, 0.25) is 11.8 Å². The molecule has 2 heterocycles. The predicted octanol–water partition coefficient (Wildman–Crippen LogP) is 3.02. The number of likely N-dealkylation sites (tertiary alicyclic amines) is 2. The number of benzene rings is 1. The molecule has 0 spiro atoms. The lowest BCUT2D eigenvalue weighted by atomic mass is 9.88. The zero-order valence-electron chi connectivity index (χ0n) is 15.2. The van der Waals surface area contributed by atoms with Crippen molar-refractivity contribution in [3.63, 3.8) is 0 Å². The first-order valence-electron chi connectivity index (χ1n) is 8.97. The molecule has 0 saturated carbocycles. The average Bonchev–Trinajstić information content (AvgIpc) is 2.82. The molecule has 4 heteroatoms. The maximum Gasteiger partial charge on any atom is 0.228 e. The van der Waals surface area contributed by atoms with Crippen molar-refractivity contribution in [3.8, 4) is 0 Å². The van der Waals surface area contributed by atoms with Gasteiger partial charge in [-0.25, -0.2) is 0 Å². The van der Waals surface area contributed by atoms with Crippen LogP contribution in [-0.4, -0.2) is 41.8 Å². The number of aryl methyl sites for hydroxylation is 1. The Hall–Kier alpha value is -1.84. The first-order chi connectivity index (χ1) is 11.4. The first-order valence-corrected chi connectivity index (χ1v) is 8.97. The van der Waals surface area contributed by atoms with Crippen LogP contribution in [0.5, 0.6) is 0 Å². The van der Waals surface area contributed by atoms with Gasteiger partial charge in [-0.05, 0) is 30.7 Å². The normalized spacial score (nSPS) is 30.8. The van der Waals surface area contributed by atoms with Crippen LogP contribution in [0.4, 0.5) is 0 Å². The third kappa shape index (κ3) is 3.19. The third-order valence-electron chi connectivity index (χ3n) is 5.50. The van der Waals surface area contributed by atoms with Crippen molar-refractivity contribution < 1.29 is 9.59 Å². The van der Waals surface area contributed by atoms with Gasteiger partial charge in [0.15, 0.2) is 0 Å². The summed E-state index contributed by atoms with van der Waals surface area (Å²) in [5.74, 6) is 1.02. The highest BCUT2D eigenvalue weighted by Gasteiger charge is 2.44. The largest absolute Gasteiger partial charge is 0.342 e. The van der Waals surface area contributed by atoms with E-state index in [1.54, 1.807) is 4.90 Å². The second kappa shape index (κ2) is 6.58. The molecule has 2 amide bonds. The predicted molar refractivity (Wildman–Crippen MR) is 94.3 cm³/mol. The number of carbonyl (C=O) groups is 2. The Bertz CT molecular complexity index is 615. The number of nitrogens with zero attached hydrogens (tertiary/aromatic N) is 2. The highest BCUT2D eigenvalue weighted by Crippen LogP contribution is 2.39. The van der Waals surface area contributed by atoms with Gasteiger partial charge in [0.1, 0.15) is 0 Å². The molecule has 4 atom stereocenters. The summed E-state index contributed by atoms with van der Waals surface area (Å²) in [6, 6.07) is 8.07. The van der Waals surface area contributed by atoms with Crippen molar-refractivity contribution in [2.75, 3.05) is 20.1 Å². The maximum atomic E-state index is 13.2. The molecule has 3 rings (SSSR count). The molecule has 0 unspecified atom stereocenters. The Balaban J connectivity index is 1.85. The molecule has 2 aliphatic heterocycles. The minimum atomic E-state index is -0.261. The number of amides is 2. The van der Waals surface area contributed by atoms with E-state index in [4.69, 9.17) is 0 Å². The van der Waals surface area contributed by atoms with E-state index in [9.17, 15) is 9.59 Å². The van der Waals surface area contributed by atoms with Crippen LogP contribution >= 0.6 is 0 Å². The molecular formula is C20H28N2O2. The molecule has 2 fully saturated rings. The van der Waals surface area contributed by atoms with Gasteiger partial charge in [-0.15, -0.1) is 0 Å². The van der Waals surface area contributed by atoms with Gasteiger partial charge in [0.25, 0.3) is 0 Å². The lowest BCUT2D eigenvalue weighted by Gasteiger charge is -2.37. The molecular weight excluding hydrogens is 300 g/mol. The summed E-state index contributed by atoms with van der Waals surface area (Å²) in [4.78, 5) is 29.2. The SMILES string of the molecule is Cc1ccc([C@@H]2[C@@H](C(=O)N3C[C@H](C)C[C@H](C)C3)CC(=O)N2C)cc1. The summed E-state index contributed by atoms with van der Waals surface area (Å²) in [5, 5.41) is 0. The monoisotopic (exact) mass is 328 g/mol. The topological polar surface area (TPSA) is 40.6 Å². The Morgan fingerprint density at radius 3 is 2.25 bits per heavy atom. The van der Waals surface area contributed by atoms with E-state index in [1.807, 2.05) is 18.9 Å². The molecule has 0 bridgehead atoms. The summed E-state index contributed by atoms with van der Waals surface area (Å²) < 4.78 is 0. The minimum absolute atomic E-state index is 0.0667. The van der Waals surface area contributed by atoms with E-state index in [1.165, 1.54) is 12.0 Å². The summed E-state index contributed by atoms with van der Waals surface area (Å²) in [6.45, 7) is 8.10. The number of rotatable bonds is 2. The zero-order chi connectivity index (χ0) is 17.4. The van der Waals surface area contributed by atoms with Crippen molar-refractivity contribution in [1.29, 1.82) is 0 Å². The molecule has 130 valence electrons. The van der Waals surface area contributed by atoms with Crippen LogP contribution in [0.15, 0.2) is 24.3 Å². The van der Waals surface area contributed by atoms with E-state index in [0.717, 1.165) is 18.7 Å². The fourth-order valence-corrected chi connectivity index (χ4v) is 4.39. The van der Waals surface area contributed by atoms with E-state index in [-0.39, 0.29) is 23.8 Å².